The maximum atomic E-state index is 13.2. The molecule has 5 rings (SSSR count). The molecule has 0 unspecified atom stereocenters. The van der Waals surface area contributed by atoms with Crippen LogP contribution in [0.4, 0.5) is 5.69 Å². The Bertz CT molecular complexity index is 1510. The van der Waals surface area contributed by atoms with Crippen molar-refractivity contribution in [2.24, 2.45) is 0 Å². The molecule has 0 radical (unpaired) electrons. The second-order valence-corrected chi connectivity index (χ2v) is 9.37. The number of nitrogens with one attached hydrogen (secondary N) is 1. The molecule has 0 aliphatic carbocycles. The Morgan fingerprint density at radius 3 is 2.54 bits per heavy atom. The van der Waals surface area contributed by atoms with Crippen molar-refractivity contribution in [3.63, 3.8) is 0 Å². The number of hydrogen-bond donors (Lipinski definition) is 1. The van der Waals surface area contributed by atoms with Crippen LogP contribution in [0.3, 0.4) is 0 Å². The Hall–Kier alpha value is -3.89. The zero-order valence-electron chi connectivity index (χ0n) is 19.6. The lowest BCUT2D eigenvalue weighted by molar-refractivity contribution is -0.121. The number of halogens is 2. The van der Waals surface area contributed by atoms with E-state index >= 15 is 0 Å². The van der Waals surface area contributed by atoms with E-state index in [0.717, 1.165) is 11.3 Å². The predicted octanol–water partition coefficient (Wildman–Crippen LogP) is 2.97. The van der Waals surface area contributed by atoms with E-state index in [0.29, 0.717) is 47.1 Å². The van der Waals surface area contributed by atoms with E-state index in [1.165, 1.54) is 17.1 Å². The Morgan fingerprint density at radius 1 is 1.00 bits per heavy atom. The molecule has 10 nitrogen and oxygen atoms in total. The smallest absolute Gasteiger partial charge is 0.292 e. The highest BCUT2D eigenvalue weighted by Crippen LogP contribution is 2.23. The van der Waals surface area contributed by atoms with E-state index in [2.05, 4.69) is 20.4 Å². The van der Waals surface area contributed by atoms with Gasteiger partial charge in [-0.2, -0.15) is 0 Å². The molecule has 2 aromatic carbocycles. The highest BCUT2D eigenvalue weighted by Gasteiger charge is 2.24. The first-order valence-corrected chi connectivity index (χ1v) is 12.3. The average Bonchev–Trinajstić information content (AvgIpc) is 3.46. The maximum absolute atomic E-state index is 13.2. The minimum Gasteiger partial charge on any atom is -0.368 e. The lowest BCUT2D eigenvalue weighted by Crippen LogP contribution is -2.48. The monoisotopic (exact) mass is 540 g/mol. The lowest BCUT2D eigenvalue weighted by Gasteiger charge is -2.35. The van der Waals surface area contributed by atoms with Gasteiger partial charge in [0.05, 0.1) is 33.5 Å². The van der Waals surface area contributed by atoms with Crippen LogP contribution in [0.5, 0.6) is 0 Å². The van der Waals surface area contributed by atoms with Crippen molar-refractivity contribution < 1.29 is 14.1 Å². The molecule has 0 atom stereocenters. The number of hydrogen-bond acceptors (Lipinski definition) is 7. The van der Waals surface area contributed by atoms with Crippen molar-refractivity contribution in [3.8, 4) is 0 Å². The number of rotatable bonds is 6. The van der Waals surface area contributed by atoms with E-state index in [-0.39, 0.29) is 36.2 Å². The number of carbonyl (C=O) groups is 2. The van der Waals surface area contributed by atoms with E-state index in [1.54, 1.807) is 41.3 Å². The Labute approximate surface area is 221 Å². The molecule has 1 aliphatic rings. The van der Waals surface area contributed by atoms with E-state index < -0.39 is 0 Å². The van der Waals surface area contributed by atoms with Gasteiger partial charge >= 0.3 is 0 Å². The van der Waals surface area contributed by atoms with Crippen LogP contribution in [0.15, 0.2) is 64.3 Å². The molecule has 1 N–H and O–H groups in total. The van der Waals surface area contributed by atoms with Crippen LogP contribution >= 0.6 is 23.2 Å². The molecule has 3 heterocycles. The number of aromatic nitrogens is 3. The van der Waals surface area contributed by atoms with Gasteiger partial charge in [0.15, 0.2) is 0 Å². The molecule has 4 aromatic rings. The van der Waals surface area contributed by atoms with Crippen LogP contribution in [0.2, 0.25) is 10.0 Å². The molecular weight excluding hydrogens is 519 g/mol. The van der Waals surface area contributed by atoms with Gasteiger partial charge in [0, 0.05) is 44.5 Å². The van der Waals surface area contributed by atoms with Gasteiger partial charge in [0.2, 0.25) is 11.7 Å². The number of carbonyl (C=O) groups excluding carboxylic acids is 2. The van der Waals surface area contributed by atoms with Gasteiger partial charge in [-0.1, -0.05) is 34.4 Å². The number of amides is 2. The van der Waals surface area contributed by atoms with Gasteiger partial charge in [0.1, 0.15) is 6.54 Å². The van der Waals surface area contributed by atoms with Crippen LogP contribution in [-0.4, -0.2) is 57.6 Å². The summed E-state index contributed by atoms with van der Waals surface area (Å²) in [5.74, 6) is -0.315. The maximum Gasteiger partial charge on any atom is 0.292 e. The van der Waals surface area contributed by atoms with Gasteiger partial charge in [-0.15, -0.1) is 0 Å². The van der Waals surface area contributed by atoms with Crippen LogP contribution in [-0.2, 0) is 17.9 Å². The third-order valence-corrected chi connectivity index (χ3v) is 6.91. The largest absolute Gasteiger partial charge is 0.368 e. The van der Waals surface area contributed by atoms with Crippen LogP contribution in [0.1, 0.15) is 16.1 Å². The van der Waals surface area contributed by atoms with Crippen LogP contribution < -0.4 is 15.8 Å². The second-order valence-electron chi connectivity index (χ2n) is 8.56. The molecule has 190 valence electrons. The van der Waals surface area contributed by atoms with Crippen molar-refractivity contribution in [1.82, 2.24) is 24.9 Å². The summed E-state index contributed by atoms with van der Waals surface area (Å²) in [6.07, 6.45) is 2.82. The molecule has 12 heteroatoms. The fraction of sp³-hybridized carbons (Fsp3) is 0.240. The zero-order valence-corrected chi connectivity index (χ0v) is 21.1. The van der Waals surface area contributed by atoms with Crippen molar-refractivity contribution in [3.05, 3.63) is 86.7 Å². The van der Waals surface area contributed by atoms with Crippen molar-refractivity contribution in [2.45, 2.75) is 13.1 Å². The first-order chi connectivity index (χ1) is 17.9. The van der Waals surface area contributed by atoms with Gasteiger partial charge in [0.25, 0.3) is 11.5 Å². The predicted molar refractivity (Wildman–Crippen MR) is 139 cm³/mol. The summed E-state index contributed by atoms with van der Waals surface area (Å²) in [5.41, 5.74) is 1.87. The Balaban J connectivity index is 1.25. The highest BCUT2D eigenvalue weighted by atomic mass is 35.5. The Morgan fingerprint density at radius 2 is 1.81 bits per heavy atom. The number of nitrogens with zero attached hydrogens (tertiary/aromatic N) is 5. The third-order valence-electron chi connectivity index (χ3n) is 6.18. The molecule has 37 heavy (non-hydrogen) atoms. The van der Waals surface area contributed by atoms with Gasteiger partial charge < -0.3 is 19.6 Å². The van der Waals surface area contributed by atoms with E-state index in [4.69, 9.17) is 27.7 Å². The average molecular weight is 541 g/mol. The van der Waals surface area contributed by atoms with E-state index in [9.17, 15) is 14.4 Å². The molecular formula is C25H22Cl2N6O4. The molecule has 1 aliphatic heterocycles. The fourth-order valence-corrected chi connectivity index (χ4v) is 4.49. The number of benzene rings is 2. The fourth-order valence-electron chi connectivity index (χ4n) is 4.17. The zero-order chi connectivity index (χ0) is 25.9. The lowest BCUT2D eigenvalue weighted by atomic mass is 10.2. The quantitative estimate of drug-likeness (QED) is 0.399. The minimum atomic E-state index is -0.335. The van der Waals surface area contributed by atoms with Crippen LogP contribution in [0, 0.1) is 0 Å². The second kappa shape index (κ2) is 10.6. The topological polar surface area (TPSA) is 114 Å². The van der Waals surface area contributed by atoms with Gasteiger partial charge in [-0.25, -0.2) is 4.98 Å². The first kappa shape index (κ1) is 24.8. The first-order valence-electron chi connectivity index (χ1n) is 11.5. The van der Waals surface area contributed by atoms with Crippen molar-refractivity contribution in [2.75, 3.05) is 31.1 Å². The summed E-state index contributed by atoms with van der Waals surface area (Å²) in [4.78, 5) is 46.3. The number of piperazine rings is 1. The number of fused-ring (bicyclic) bond motifs is 1. The summed E-state index contributed by atoms with van der Waals surface area (Å²) in [5, 5.41) is 7.62. The summed E-state index contributed by atoms with van der Waals surface area (Å²) >= 11 is 11.9. The molecule has 0 spiro atoms. The molecule has 2 amide bonds. The number of anilines is 1. The molecule has 1 saturated heterocycles. The SMILES string of the molecule is O=C(Cn1cnc2ccc(N3CCN(C(=O)c4ccno4)CC3)cc2c1=O)NCc1ccc(Cl)c(Cl)c1. The molecule has 2 aromatic heterocycles. The van der Waals surface area contributed by atoms with Crippen molar-refractivity contribution in [1.29, 1.82) is 0 Å². The summed E-state index contributed by atoms with van der Waals surface area (Å²) in [7, 11) is 0. The molecule has 1 fully saturated rings. The van der Waals surface area contributed by atoms with E-state index in [1.807, 2.05) is 6.07 Å². The van der Waals surface area contributed by atoms with Crippen LogP contribution in [0.25, 0.3) is 10.9 Å². The third kappa shape index (κ3) is 5.45. The van der Waals surface area contributed by atoms with Gasteiger partial charge in [-0.3, -0.25) is 19.0 Å². The standard InChI is InChI=1S/C25H22Cl2N6O4/c26-19-3-1-16(11-20(19)27)13-28-23(34)14-33-15-29-21-4-2-17(12-18(21)24(33)35)31-7-9-32(10-8-31)25(36)22-5-6-30-37-22/h1-6,11-12,15H,7-10,13-14H2,(H,28,34). The molecule has 0 bridgehead atoms. The summed E-state index contributed by atoms with van der Waals surface area (Å²) in [6, 6.07) is 12.1. The van der Waals surface area contributed by atoms with Crippen molar-refractivity contribution >= 4 is 51.6 Å². The van der Waals surface area contributed by atoms with Gasteiger partial charge in [-0.05, 0) is 35.9 Å². The summed E-state index contributed by atoms with van der Waals surface area (Å²) in [6.45, 7) is 2.28. The molecule has 0 saturated carbocycles. The Kier molecular flexibility index (Phi) is 7.11. The normalized spacial score (nSPS) is 13.7. The highest BCUT2D eigenvalue weighted by molar-refractivity contribution is 6.42. The minimum absolute atomic E-state index is 0.171. The summed E-state index contributed by atoms with van der Waals surface area (Å²) < 4.78 is 6.25.